The van der Waals surface area contributed by atoms with Gasteiger partial charge in [0.15, 0.2) is 0 Å². The van der Waals surface area contributed by atoms with Crippen LogP contribution in [0.1, 0.15) is 30.8 Å². The maximum absolute atomic E-state index is 14.0. The zero-order chi connectivity index (χ0) is 13.8. The highest BCUT2D eigenvalue weighted by molar-refractivity contribution is 5.39. The highest BCUT2D eigenvalue weighted by Gasteiger charge is 2.22. The van der Waals surface area contributed by atoms with Crippen molar-refractivity contribution in [1.82, 2.24) is 9.55 Å². The molecule has 1 unspecified atom stereocenters. The van der Waals surface area contributed by atoms with E-state index in [1.807, 2.05) is 10.8 Å². The smallest absolute Gasteiger partial charge is 0.132 e. The second-order valence-electron chi connectivity index (χ2n) is 4.31. The summed E-state index contributed by atoms with van der Waals surface area (Å²) in [5, 5.41) is 0. The lowest BCUT2D eigenvalue weighted by Gasteiger charge is -2.17. The lowest BCUT2D eigenvalue weighted by Crippen LogP contribution is -2.20. The molecule has 2 rings (SSSR count). The SMILES string of the molecule is CCCn1ccnc1C(N)c1c(F)cccc1OC. The van der Waals surface area contributed by atoms with Crippen LogP contribution >= 0.6 is 0 Å². The number of hydrogen-bond acceptors (Lipinski definition) is 3. The van der Waals surface area contributed by atoms with Gasteiger partial charge in [0.1, 0.15) is 17.4 Å². The van der Waals surface area contributed by atoms with E-state index in [1.165, 1.54) is 13.2 Å². The van der Waals surface area contributed by atoms with Gasteiger partial charge in [-0.1, -0.05) is 13.0 Å². The van der Waals surface area contributed by atoms with Crippen LogP contribution in [-0.4, -0.2) is 16.7 Å². The molecule has 0 spiro atoms. The van der Waals surface area contributed by atoms with Crippen LogP contribution in [0.25, 0.3) is 0 Å². The van der Waals surface area contributed by atoms with Crippen LogP contribution in [0.15, 0.2) is 30.6 Å². The average Bonchev–Trinajstić information content (AvgIpc) is 2.86. The lowest BCUT2D eigenvalue weighted by molar-refractivity contribution is 0.400. The Hall–Kier alpha value is -1.88. The average molecular weight is 263 g/mol. The van der Waals surface area contributed by atoms with Crippen molar-refractivity contribution >= 4 is 0 Å². The van der Waals surface area contributed by atoms with Gasteiger partial charge in [0.25, 0.3) is 0 Å². The Balaban J connectivity index is 2.43. The number of nitrogens with zero attached hydrogens (tertiary/aromatic N) is 2. The van der Waals surface area contributed by atoms with Crippen LogP contribution in [0.4, 0.5) is 4.39 Å². The summed E-state index contributed by atoms with van der Waals surface area (Å²) in [4.78, 5) is 4.24. The molecule has 2 N–H and O–H groups in total. The highest BCUT2D eigenvalue weighted by atomic mass is 19.1. The van der Waals surface area contributed by atoms with Gasteiger partial charge in [-0.2, -0.15) is 0 Å². The van der Waals surface area contributed by atoms with Crippen LogP contribution in [0.5, 0.6) is 5.75 Å². The number of imidazole rings is 1. The van der Waals surface area contributed by atoms with Crippen molar-refractivity contribution in [2.45, 2.75) is 25.9 Å². The van der Waals surface area contributed by atoms with Crippen LogP contribution in [-0.2, 0) is 6.54 Å². The molecule has 2 aromatic rings. The summed E-state index contributed by atoms with van der Waals surface area (Å²) in [6.45, 7) is 2.87. The van der Waals surface area contributed by atoms with E-state index >= 15 is 0 Å². The normalized spacial score (nSPS) is 12.4. The second-order valence-corrected chi connectivity index (χ2v) is 4.31. The van der Waals surface area contributed by atoms with Crippen molar-refractivity contribution in [3.05, 3.63) is 47.8 Å². The van der Waals surface area contributed by atoms with Gasteiger partial charge in [-0.05, 0) is 18.6 Å². The fourth-order valence-electron chi connectivity index (χ4n) is 2.16. The molecule has 1 aromatic carbocycles. The second kappa shape index (κ2) is 5.84. The lowest BCUT2D eigenvalue weighted by atomic mass is 10.0. The maximum atomic E-state index is 14.0. The van der Waals surface area contributed by atoms with Crippen molar-refractivity contribution in [2.75, 3.05) is 7.11 Å². The monoisotopic (exact) mass is 263 g/mol. The van der Waals surface area contributed by atoms with Gasteiger partial charge in [0.2, 0.25) is 0 Å². The van der Waals surface area contributed by atoms with E-state index in [9.17, 15) is 4.39 Å². The number of benzene rings is 1. The zero-order valence-corrected chi connectivity index (χ0v) is 11.1. The standard InChI is InChI=1S/C14H18FN3O/c1-3-8-18-9-7-17-14(18)13(16)12-10(15)5-4-6-11(12)19-2/h4-7,9,13H,3,8,16H2,1-2H3. The van der Waals surface area contributed by atoms with Crippen molar-refractivity contribution < 1.29 is 9.13 Å². The molecule has 0 saturated carbocycles. The maximum Gasteiger partial charge on any atom is 0.132 e. The molecule has 4 nitrogen and oxygen atoms in total. The van der Waals surface area contributed by atoms with E-state index in [2.05, 4.69) is 11.9 Å². The van der Waals surface area contributed by atoms with E-state index in [0.29, 0.717) is 17.1 Å². The van der Waals surface area contributed by atoms with Crippen molar-refractivity contribution in [3.8, 4) is 5.75 Å². The number of aromatic nitrogens is 2. The first-order valence-corrected chi connectivity index (χ1v) is 6.28. The largest absolute Gasteiger partial charge is 0.496 e. The van der Waals surface area contributed by atoms with Crippen LogP contribution in [0.2, 0.25) is 0 Å². The fourth-order valence-corrected chi connectivity index (χ4v) is 2.16. The van der Waals surface area contributed by atoms with Gasteiger partial charge in [-0.25, -0.2) is 9.37 Å². The first kappa shape index (κ1) is 13.5. The van der Waals surface area contributed by atoms with E-state index in [4.69, 9.17) is 10.5 Å². The first-order chi connectivity index (χ1) is 9.19. The van der Waals surface area contributed by atoms with Crippen LogP contribution in [0, 0.1) is 5.82 Å². The molecule has 102 valence electrons. The molecule has 0 aliphatic rings. The molecule has 1 heterocycles. The van der Waals surface area contributed by atoms with E-state index in [0.717, 1.165) is 13.0 Å². The minimum atomic E-state index is -0.641. The molecular formula is C14H18FN3O. The van der Waals surface area contributed by atoms with Gasteiger partial charge in [0.05, 0.1) is 18.7 Å². The molecule has 5 heteroatoms. The molecule has 0 aliphatic heterocycles. The van der Waals surface area contributed by atoms with Gasteiger partial charge < -0.3 is 15.0 Å². The summed E-state index contributed by atoms with van der Waals surface area (Å²) in [5.74, 6) is 0.710. The molecule has 19 heavy (non-hydrogen) atoms. The molecule has 0 fully saturated rings. The molecule has 0 radical (unpaired) electrons. The minimum Gasteiger partial charge on any atom is -0.496 e. The summed E-state index contributed by atoms with van der Waals surface area (Å²) in [6.07, 6.45) is 4.49. The van der Waals surface area contributed by atoms with Crippen LogP contribution < -0.4 is 10.5 Å². The number of hydrogen-bond donors (Lipinski definition) is 1. The minimum absolute atomic E-state index is 0.341. The van der Waals surface area contributed by atoms with Crippen molar-refractivity contribution in [1.29, 1.82) is 0 Å². The third-order valence-corrected chi connectivity index (χ3v) is 3.03. The van der Waals surface area contributed by atoms with E-state index in [-0.39, 0.29) is 5.82 Å². The molecule has 0 saturated heterocycles. The molecule has 1 aromatic heterocycles. The van der Waals surface area contributed by atoms with Gasteiger partial charge >= 0.3 is 0 Å². The van der Waals surface area contributed by atoms with Crippen molar-refractivity contribution in [3.63, 3.8) is 0 Å². The Bertz CT molecular complexity index is 553. The Labute approximate surface area is 112 Å². The number of halogens is 1. The number of nitrogens with two attached hydrogens (primary N) is 1. The molecule has 0 aliphatic carbocycles. The van der Waals surface area contributed by atoms with E-state index < -0.39 is 6.04 Å². The third kappa shape index (κ3) is 2.61. The molecule has 0 bridgehead atoms. The van der Waals surface area contributed by atoms with Gasteiger partial charge in [-0.3, -0.25) is 0 Å². The number of ether oxygens (including phenoxy) is 1. The van der Waals surface area contributed by atoms with Crippen LogP contribution in [0.3, 0.4) is 0 Å². The number of rotatable bonds is 5. The summed E-state index contributed by atoms with van der Waals surface area (Å²) in [7, 11) is 1.50. The third-order valence-electron chi connectivity index (χ3n) is 3.03. The van der Waals surface area contributed by atoms with Gasteiger partial charge in [0, 0.05) is 18.9 Å². The summed E-state index contributed by atoms with van der Waals surface area (Å²) in [5.41, 5.74) is 6.51. The quantitative estimate of drug-likeness (QED) is 0.901. The fraction of sp³-hybridized carbons (Fsp3) is 0.357. The predicted molar refractivity (Wildman–Crippen MR) is 71.5 cm³/mol. The van der Waals surface area contributed by atoms with Crippen molar-refractivity contribution in [2.24, 2.45) is 5.73 Å². The Morgan fingerprint density at radius 1 is 1.47 bits per heavy atom. The zero-order valence-electron chi connectivity index (χ0n) is 11.1. The Morgan fingerprint density at radius 2 is 2.26 bits per heavy atom. The highest BCUT2D eigenvalue weighted by Crippen LogP contribution is 2.29. The molecular weight excluding hydrogens is 245 g/mol. The summed E-state index contributed by atoms with van der Waals surface area (Å²) < 4.78 is 21.1. The van der Waals surface area contributed by atoms with Gasteiger partial charge in [-0.15, -0.1) is 0 Å². The first-order valence-electron chi connectivity index (χ1n) is 6.28. The Kier molecular flexibility index (Phi) is 4.16. The summed E-state index contributed by atoms with van der Waals surface area (Å²) in [6, 6.07) is 4.04. The summed E-state index contributed by atoms with van der Waals surface area (Å²) >= 11 is 0. The number of aryl methyl sites for hydroxylation is 1. The van der Waals surface area contributed by atoms with E-state index in [1.54, 1.807) is 18.3 Å². The predicted octanol–water partition coefficient (Wildman–Crippen LogP) is 2.49. The number of methoxy groups -OCH3 is 1. The Morgan fingerprint density at radius 3 is 2.95 bits per heavy atom. The topological polar surface area (TPSA) is 53.1 Å². The molecule has 0 amide bonds. The molecule has 1 atom stereocenters.